The number of hydrogen-bond donors (Lipinski definition) is 0. The van der Waals surface area contributed by atoms with Crippen LogP contribution in [0.5, 0.6) is 0 Å². The van der Waals surface area contributed by atoms with Crippen LogP contribution in [0.2, 0.25) is 0 Å². The number of hydrogen-bond acceptors (Lipinski definition) is 4. The smallest absolute Gasteiger partial charge is 0.344 e. The molecule has 0 aliphatic carbocycles. The first-order chi connectivity index (χ1) is 7.94. The molecule has 0 spiro atoms. The van der Waals surface area contributed by atoms with Gasteiger partial charge < -0.3 is 9.47 Å². The van der Waals surface area contributed by atoms with Gasteiger partial charge in [-0.3, -0.25) is 4.79 Å². The first-order valence-corrected chi connectivity index (χ1v) is 6.31. The molecule has 0 N–H and O–H groups in total. The number of carbonyl (C=O) groups excluding carboxylic acids is 2. The SMILES string of the molecule is CC(C)C(C)(C)OC(=O)COC(=O)CC(C)(C)C. The predicted octanol–water partition coefficient (Wildman–Crippen LogP) is 2.94. The van der Waals surface area contributed by atoms with Crippen LogP contribution in [-0.2, 0) is 19.1 Å². The average Bonchev–Trinajstić information content (AvgIpc) is 2.11. The molecule has 0 saturated carbocycles. The fourth-order valence-electron chi connectivity index (χ4n) is 1.06. The fraction of sp³-hybridized carbons (Fsp3) is 0.857. The molecule has 18 heavy (non-hydrogen) atoms. The molecule has 4 nitrogen and oxygen atoms in total. The van der Waals surface area contributed by atoms with E-state index < -0.39 is 11.6 Å². The van der Waals surface area contributed by atoms with E-state index in [1.165, 1.54) is 0 Å². The maximum Gasteiger partial charge on any atom is 0.344 e. The summed E-state index contributed by atoms with van der Waals surface area (Å²) >= 11 is 0. The standard InChI is InChI=1S/C14H26O4/c1-10(2)14(6,7)18-12(16)9-17-11(15)8-13(3,4)5/h10H,8-9H2,1-7H3. The van der Waals surface area contributed by atoms with Gasteiger partial charge in [0.25, 0.3) is 0 Å². The second-order valence-corrected chi connectivity index (χ2v) is 6.63. The first kappa shape index (κ1) is 16.9. The average molecular weight is 258 g/mol. The van der Waals surface area contributed by atoms with E-state index in [1.54, 1.807) is 0 Å². The largest absolute Gasteiger partial charge is 0.457 e. The summed E-state index contributed by atoms with van der Waals surface area (Å²) in [5.41, 5.74) is -0.689. The lowest BCUT2D eigenvalue weighted by atomic mass is 9.92. The van der Waals surface area contributed by atoms with Crippen molar-refractivity contribution in [2.45, 2.75) is 60.5 Å². The van der Waals surface area contributed by atoms with E-state index in [0.29, 0.717) is 0 Å². The van der Waals surface area contributed by atoms with Crippen LogP contribution < -0.4 is 0 Å². The molecule has 0 bridgehead atoms. The summed E-state index contributed by atoms with van der Waals surface area (Å²) in [4.78, 5) is 23.0. The van der Waals surface area contributed by atoms with Crippen LogP contribution in [0.25, 0.3) is 0 Å². The van der Waals surface area contributed by atoms with Gasteiger partial charge in [-0.1, -0.05) is 34.6 Å². The van der Waals surface area contributed by atoms with E-state index in [-0.39, 0.29) is 30.3 Å². The van der Waals surface area contributed by atoms with Crippen molar-refractivity contribution >= 4 is 11.9 Å². The molecule has 0 amide bonds. The summed E-state index contributed by atoms with van der Waals surface area (Å²) in [5, 5.41) is 0. The highest BCUT2D eigenvalue weighted by atomic mass is 16.6. The third-order valence-corrected chi connectivity index (χ3v) is 2.79. The molecule has 0 fully saturated rings. The molecule has 0 unspecified atom stereocenters. The maximum atomic E-state index is 11.5. The molecular weight excluding hydrogens is 232 g/mol. The maximum absolute atomic E-state index is 11.5. The highest BCUT2D eigenvalue weighted by molar-refractivity contribution is 5.76. The molecule has 0 aromatic carbocycles. The Hall–Kier alpha value is -1.06. The zero-order valence-electron chi connectivity index (χ0n) is 12.6. The Morgan fingerprint density at radius 2 is 1.50 bits per heavy atom. The van der Waals surface area contributed by atoms with Gasteiger partial charge in [0.15, 0.2) is 6.61 Å². The molecule has 106 valence electrons. The quantitative estimate of drug-likeness (QED) is 0.711. The van der Waals surface area contributed by atoms with Crippen molar-refractivity contribution in [1.82, 2.24) is 0 Å². The van der Waals surface area contributed by atoms with Crippen molar-refractivity contribution < 1.29 is 19.1 Å². The van der Waals surface area contributed by atoms with Crippen LogP contribution in [0, 0.1) is 11.3 Å². The molecule has 0 aromatic heterocycles. The summed E-state index contributed by atoms with van der Waals surface area (Å²) < 4.78 is 10.2. The highest BCUT2D eigenvalue weighted by Gasteiger charge is 2.27. The van der Waals surface area contributed by atoms with E-state index in [1.807, 2.05) is 48.5 Å². The summed E-state index contributed by atoms with van der Waals surface area (Å²) in [6.07, 6.45) is 0.286. The Bertz CT molecular complexity index is 297. The van der Waals surface area contributed by atoms with E-state index in [0.717, 1.165) is 0 Å². The molecule has 0 saturated heterocycles. The molecule has 0 rings (SSSR count). The molecule has 0 radical (unpaired) electrons. The van der Waals surface area contributed by atoms with Crippen LogP contribution >= 0.6 is 0 Å². The van der Waals surface area contributed by atoms with Crippen LogP contribution in [-0.4, -0.2) is 24.1 Å². The second kappa shape index (κ2) is 6.21. The van der Waals surface area contributed by atoms with E-state index in [9.17, 15) is 9.59 Å². The van der Waals surface area contributed by atoms with Crippen molar-refractivity contribution in [3.63, 3.8) is 0 Å². The lowest BCUT2D eigenvalue weighted by molar-refractivity contribution is -0.171. The van der Waals surface area contributed by atoms with Crippen molar-refractivity contribution in [2.75, 3.05) is 6.61 Å². The van der Waals surface area contributed by atoms with Crippen molar-refractivity contribution in [1.29, 1.82) is 0 Å². The van der Waals surface area contributed by atoms with Crippen molar-refractivity contribution in [3.05, 3.63) is 0 Å². The Kier molecular flexibility index (Phi) is 5.84. The Labute approximate surface area is 110 Å². The number of carbonyl (C=O) groups is 2. The van der Waals surface area contributed by atoms with Crippen molar-refractivity contribution in [2.24, 2.45) is 11.3 Å². The van der Waals surface area contributed by atoms with Gasteiger partial charge in [0.1, 0.15) is 5.60 Å². The third-order valence-electron chi connectivity index (χ3n) is 2.79. The molecule has 4 heteroatoms. The van der Waals surface area contributed by atoms with Gasteiger partial charge in [-0.2, -0.15) is 0 Å². The van der Waals surface area contributed by atoms with Crippen LogP contribution in [0.15, 0.2) is 0 Å². The van der Waals surface area contributed by atoms with E-state index >= 15 is 0 Å². The van der Waals surface area contributed by atoms with Crippen LogP contribution in [0.4, 0.5) is 0 Å². The van der Waals surface area contributed by atoms with Gasteiger partial charge in [0.2, 0.25) is 0 Å². The molecule has 0 aliphatic rings. The second-order valence-electron chi connectivity index (χ2n) is 6.63. The van der Waals surface area contributed by atoms with Crippen molar-refractivity contribution in [3.8, 4) is 0 Å². The third kappa shape index (κ3) is 7.30. The minimum Gasteiger partial charge on any atom is -0.457 e. The topological polar surface area (TPSA) is 52.6 Å². The summed E-state index contributed by atoms with van der Waals surface area (Å²) in [5.74, 6) is -0.676. The minimum atomic E-state index is -0.548. The molecule has 0 aromatic rings. The van der Waals surface area contributed by atoms with E-state index in [4.69, 9.17) is 9.47 Å². The minimum absolute atomic E-state index is 0.141. The lowest BCUT2D eigenvalue weighted by Crippen LogP contribution is -2.35. The molecule has 0 atom stereocenters. The number of ether oxygens (including phenoxy) is 2. The normalized spacial score (nSPS) is 12.4. The first-order valence-electron chi connectivity index (χ1n) is 6.31. The lowest BCUT2D eigenvalue weighted by Gasteiger charge is -2.29. The van der Waals surface area contributed by atoms with Gasteiger partial charge >= 0.3 is 11.9 Å². The Morgan fingerprint density at radius 1 is 1.00 bits per heavy atom. The summed E-state index contributed by atoms with van der Waals surface area (Å²) in [6.45, 7) is 13.1. The highest BCUT2D eigenvalue weighted by Crippen LogP contribution is 2.21. The predicted molar refractivity (Wildman–Crippen MR) is 70.0 cm³/mol. The molecule has 0 heterocycles. The molecular formula is C14H26O4. The van der Waals surface area contributed by atoms with Gasteiger partial charge in [-0.05, 0) is 25.2 Å². The monoisotopic (exact) mass is 258 g/mol. The van der Waals surface area contributed by atoms with Crippen LogP contribution in [0.3, 0.4) is 0 Å². The van der Waals surface area contributed by atoms with Gasteiger partial charge in [0, 0.05) is 0 Å². The van der Waals surface area contributed by atoms with E-state index in [2.05, 4.69) is 0 Å². The van der Waals surface area contributed by atoms with Gasteiger partial charge in [-0.15, -0.1) is 0 Å². The zero-order valence-corrected chi connectivity index (χ0v) is 12.6. The Morgan fingerprint density at radius 3 is 1.89 bits per heavy atom. The Balaban J connectivity index is 4.09. The summed E-state index contributed by atoms with van der Waals surface area (Å²) in [6, 6.07) is 0. The van der Waals surface area contributed by atoms with Crippen LogP contribution in [0.1, 0.15) is 54.9 Å². The van der Waals surface area contributed by atoms with Gasteiger partial charge in [-0.25, -0.2) is 4.79 Å². The molecule has 0 aliphatic heterocycles. The zero-order chi connectivity index (χ0) is 14.6. The number of esters is 2. The number of rotatable bonds is 5. The summed E-state index contributed by atoms with van der Waals surface area (Å²) in [7, 11) is 0. The van der Waals surface area contributed by atoms with Gasteiger partial charge in [0.05, 0.1) is 6.42 Å². The fourth-order valence-corrected chi connectivity index (χ4v) is 1.06.